The highest BCUT2D eigenvalue weighted by Crippen LogP contribution is 2.27. The topological polar surface area (TPSA) is 44.8 Å². The molecular formula is C22H19ClO4. The quantitative estimate of drug-likeness (QED) is 0.521. The van der Waals surface area contributed by atoms with Crippen LogP contribution in [0.3, 0.4) is 0 Å². The molecule has 5 heteroatoms. The van der Waals surface area contributed by atoms with Crippen LogP contribution in [0.4, 0.5) is 0 Å². The molecule has 3 aromatic rings. The first-order valence-electron chi connectivity index (χ1n) is 8.42. The molecule has 0 radical (unpaired) electrons. The van der Waals surface area contributed by atoms with Crippen LogP contribution in [0, 0.1) is 0 Å². The monoisotopic (exact) mass is 382 g/mol. The van der Waals surface area contributed by atoms with Crippen LogP contribution in [0.25, 0.3) is 0 Å². The van der Waals surface area contributed by atoms with E-state index in [1.54, 1.807) is 30.3 Å². The Kier molecular flexibility index (Phi) is 6.34. The summed E-state index contributed by atoms with van der Waals surface area (Å²) in [7, 11) is 1.34. The molecule has 0 unspecified atom stereocenters. The molecule has 4 nitrogen and oxygen atoms in total. The van der Waals surface area contributed by atoms with E-state index in [0.29, 0.717) is 35.3 Å². The van der Waals surface area contributed by atoms with E-state index in [1.807, 2.05) is 42.5 Å². The summed E-state index contributed by atoms with van der Waals surface area (Å²) in [6.45, 7) is 0.721. The summed E-state index contributed by atoms with van der Waals surface area (Å²) in [5.41, 5.74) is 2.34. The van der Waals surface area contributed by atoms with Crippen molar-refractivity contribution in [3.63, 3.8) is 0 Å². The van der Waals surface area contributed by atoms with E-state index in [2.05, 4.69) is 0 Å². The minimum absolute atomic E-state index is 0.295. The van der Waals surface area contributed by atoms with Gasteiger partial charge in [0, 0.05) is 11.1 Å². The van der Waals surface area contributed by atoms with Crippen LogP contribution in [0.5, 0.6) is 11.5 Å². The molecule has 0 fully saturated rings. The van der Waals surface area contributed by atoms with Gasteiger partial charge in [0.15, 0.2) is 0 Å². The number of carbonyl (C=O) groups is 1. The highest BCUT2D eigenvalue weighted by Gasteiger charge is 2.15. The van der Waals surface area contributed by atoms with Crippen LogP contribution in [-0.4, -0.2) is 13.1 Å². The zero-order chi connectivity index (χ0) is 19.1. The van der Waals surface area contributed by atoms with Gasteiger partial charge in [0.05, 0.1) is 7.11 Å². The number of hydrogen-bond acceptors (Lipinski definition) is 4. The number of methoxy groups -OCH3 is 1. The fourth-order valence-electron chi connectivity index (χ4n) is 2.47. The minimum atomic E-state index is -0.462. The Bertz CT molecular complexity index is 892. The molecule has 3 aromatic carbocycles. The molecule has 0 saturated carbocycles. The average molecular weight is 383 g/mol. The predicted octanol–water partition coefficient (Wildman–Crippen LogP) is 5.28. The lowest BCUT2D eigenvalue weighted by Gasteiger charge is -2.13. The Morgan fingerprint density at radius 3 is 2.22 bits per heavy atom. The summed E-state index contributed by atoms with van der Waals surface area (Å²) >= 11 is 5.90. The summed E-state index contributed by atoms with van der Waals surface area (Å²) in [5, 5.41) is 0.658. The lowest BCUT2D eigenvalue weighted by atomic mass is 10.2. The first-order chi connectivity index (χ1) is 13.2. The Balaban J connectivity index is 1.75. The van der Waals surface area contributed by atoms with E-state index in [4.69, 9.17) is 25.8 Å². The fourth-order valence-corrected chi connectivity index (χ4v) is 2.60. The first kappa shape index (κ1) is 18.8. The number of hydrogen-bond donors (Lipinski definition) is 0. The smallest absolute Gasteiger partial charge is 0.341 e. The van der Waals surface area contributed by atoms with Crippen LogP contribution in [0.2, 0.25) is 5.02 Å². The Morgan fingerprint density at radius 1 is 0.852 bits per heavy atom. The molecule has 0 heterocycles. The number of benzene rings is 3. The highest BCUT2D eigenvalue weighted by atomic mass is 35.5. The molecule has 0 aliphatic rings. The van der Waals surface area contributed by atoms with Gasteiger partial charge in [0.1, 0.15) is 30.3 Å². The third-order valence-corrected chi connectivity index (χ3v) is 4.17. The molecule has 0 saturated heterocycles. The molecule has 3 rings (SSSR count). The van der Waals surface area contributed by atoms with Crippen molar-refractivity contribution >= 4 is 17.6 Å². The standard InChI is InChI=1S/C22H19ClO4/c1-25-22(24)20-12-11-19(26-14-16-5-3-2-4-6-16)13-21(20)27-15-17-7-9-18(23)10-8-17/h2-13H,14-15H2,1H3. The zero-order valence-corrected chi connectivity index (χ0v) is 15.6. The molecule has 0 amide bonds. The van der Waals surface area contributed by atoms with Crippen molar-refractivity contribution < 1.29 is 19.0 Å². The van der Waals surface area contributed by atoms with Crippen LogP contribution < -0.4 is 9.47 Å². The van der Waals surface area contributed by atoms with Gasteiger partial charge < -0.3 is 14.2 Å². The van der Waals surface area contributed by atoms with Gasteiger partial charge in [-0.1, -0.05) is 54.1 Å². The van der Waals surface area contributed by atoms with Gasteiger partial charge in [-0.15, -0.1) is 0 Å². The zero-order valence-electron chi connectivity index (χ0n) is 14.9. The van der Waals surface area contributed by atoms with Gasteiger partial charge in [-0.25, -0.2) is 4.79 Å². The highest BCUT2D eigenvalue weighted by molar-refractivity contribution is 6.30. The van der Waals surface area contributed by atoms with Crippen molar-refractivity contribution in [3.8, 4) is 11.5 Å². The molecule has 0 aliphatic heterocycles. The number of rotatable bonds is 7. The number of ether oxygens (including phenoxy) is 3. The van der Waals surface area contributed by atoms with E-state index in [0.717, 1.165) is 11.1 Å². The van der Waals surface area contributed by atoms with Crippen LogP contribution in [0.1, 0.15) is 21.5 Å². The van der Waals surface area contributed by atoms with Gasteiger partial charge in [0.2, 0.25) is 0 Å². The van der Waals surface area contributed by atoms with Crippen molar-refractivity contribution in [2.45, 2.75) is 13.2 Å². The maximum Gasteiger partial charge on any atom is 0.341 e. The maximum absolute atomic E-state index is 12.0. The van der Waals surface area contributed by atoms with Crippen LogP contribution in [-0.2, 0) is 18.0 Å². The summed E-state index contributed by atoms with van der Waals surface area (Å²) in [5.74, 6) is 0.552. The summed E-state index contributed by atoms with van der Waals surface area (Å²) in [6, 6.07) is 22.2. The molecule has 138 valence electrons. The van der Waals surface area contributed by atoms with E-state index in [-0.39, 0.29) is 0 Å². The average Bonchev–Trinajstić information content (AvgIpc) is 2.72. The Labute approximate surface area is 163 Å². The maximum atomic E-state index is 12.0. The molecule has 0 bridgehead atoms. The lowest BCUT2D eigenvalue weighted by molar-refractivity contribution is 0.0595. The van der Waals surface area contributed by atoms with E-state index in [9.17, 15) is 4.79 Å². The summed E-state index contributed by atoms with van der Waals surface area (Å²) in [6.07, 6.45) is 0. The molecule has 0 N–H and O–H groups in total. The number of esters is 1. The van der Waals surface area contributed by atoms with E-state index in [1.165, 1.54) is 7.11 Å². The first-order valence-corrected chi connectivity index (χ1v) is 8.80. The number of carbonyl (C=O) groups excluding carboxylic acids is 1. The summed E-state index contributed by atoms with van der Waals surface area (Å²) in [4.78, 5) is 12.0. The lowest BCUT2D eigenvalue weighted by Crippen LogP contribution is -2.06. The van der Waals surface area contributed by atoms with Gasteiger partial charge >= 0.3 is 5.97 Å². The third-order valence-electron chi connectivity index (χ3n) is 3.91. The molecule has 0 aliphatic carbocycles. The van der Waals surface area contributed by atoms with Gasteiger partial charge in [-0.2, -0.15) is 0 Å². The second kappa shape index (κ2) is 9.10. The largest absolute Gasteiger partial charge is 0.489 e. The molecule has 27 heavy (non-hydrogen) atoms. The van der Waals surface area contributed by atoms with E-state index < -0.39 is 5.97 Å². The minimum Gasteiger partial charge on any atom is -0.489 e. The van der Waals surface area contributed by atoms with Gasteiger partial charge in [-0.05, 0) is 35.4 Å². The van der Waals surface area contributed by atoms with Crippen LogP contribution in [0.15, 0.2) is 72.8 Å². The SMILES string of the molecule is COC(=O)c1ccc(OCc2ccccc2)cc1OCc1ccc(Cl)cc1. The molecule has 0 atom stereocenters. The van der Waals surface area contributed by atoms with Crippen molar-refractivity contribution in [1.82, 2.24) is 0 Å². The van der Waals surface area contributed by atoms with E-state index >= 15 is 0 Å². The van der Waals surface area contributed by atoms with Crippen molar-refractivity contribution in [2.24, 2.45) is 0 Å². The Morgan fingerprint density at radius 2 is 1.52 bits per heavy atom. The Hall–Kier alpha value is -2.98. The second-order valence-electron chi connectivity index (χ2n) is 5.84. The second-order valence-corrected chi connectivity index (χ2v) is 6.28. The van der Waals surface area contributed by atoms with Crippen LogP contribution >= 0.6 is 11.6 Å². The normalized spacial score (nSPS) is 10.3. The van der Waals surface area contributed by atoms with Gasteiger partial charge in [0.25, 0.3) is 0 Å². The van der Waals surface area contributed by atoms with Gasteiger partial charge in [-0.3, -0.25) is 0 Å². The van der Waals surface area contributed by atoms with Crippen molar-refractivity contribution in [3.05, 3.63) is 94.5 Å². The fraction of sp³-hybridized carbons (Fsp3) is 0.136. The molecule has 0 spiro atoms. The van der Waals surface area contributed by atoms with Crippen molar-refractivity contribution in [1.29, 1.82) is 0 Å². The predicted molar refractivity (Wildman–Crippen MR) is 104 cm³/mol. The third kappa shape index (κ3) is 5.25. The molecule has 0 aromatic heterocycles. The van der Waals surface area contributed by atoms with Crippen molar-refractivity contribution in [2.75, 3.05) is 7.11 Å². The number of halogens is 1. The summed E-state index contributed by atoms with van der Waals surface area (Å²) < 4.78 is 16.5. The molecular weight excluding hydrogens is 364 g/mol.